The average molecular weight is 261 g/mol. The second-order valence-electron chi connectivity index (χ2n) is 5.60. The summed E-state index contributed by atoms with van der Waals surface area (Å²) in [5, 5.41) is 3.00. The van der Waals surface area contributed by atoms with E-state index in [1.807, 2.05) is 19.1 Å². The van der Waals surface area contributed by atoms with E-state index in [1.165, 1.54) is 5.56 Å². The van der Waals surface area contributed by atoms with Crippen LogP contribution >= 0.6 is 0 Å². The van der Waals surface area contributed by atoms with Crippen molar-refractivity contribution in [2.45, 2.75) is 46.1 Å². The minimum Gasteiger partial charge on any atom is -0.378 e. The number of rotatable bonds is 4. The van der Waals surface area contributed by atoms with Crippen LogP contribution in [0.5, 0.6) is 0 Å². The number of ether oxygens (including phenoxy) is 1. The normalized spacial score (nSPS) is 20.3. The van der Waals surface area contributed by atoms with Gasteiger partial charge in [-0.15, -0.1) is 0 Å². The molecule has 1 aliphatic rings. The summed E-state index contributed by atoms with van der Waals surface area (Å²) in [6.07, 6.45) is 2.98. The van der Waals surface area contributed by atoms with Crippen LogP contribution in [0.2, 0.25) is 0 Å². The number of anilines is 1. The van der Waals surface area contributed by atoms with E-state index < -0.39 is 0 Å². The Morgan fingerprint density at radius 3 is 2.89 bits per heavy atom. The summed E-state index contributed by atoms with van der Waals surface area (Å²) in [5.74, 6) is 0.364. The Labute approximate surface area is 115 Å². The molecule has 3 heteroatoms. The zero-order valence-electron chi connectivity index (χ0n) is 12.0. The van der Waals surface area contributed by atoms with E-state index in [2.05, 4.69) is 25.2 Å². The summed E-state index contributed by atoms with van der Waals surface area (Å²) in [6, 6.07) is 6.07. The molecule has 1 aromatic carbocycles. The van der Waals surface area contributed by atoms with Crippen LogP contribution in [0.4, 0.5) is 5.69 Å². The lowest BCUT2D eigenvalue weighted by Gasteiger charge is -2.18. The van der Waals surface area contributed by atoms with Crippen LogP contribution in [-0.2, 0) is 9.53 Å². The monoisotopic (exact) mass is 261 g/mol. The molecule has 0 aromatic heterocycles. The van der Waals surface area contributed by atoms with Crippen molar-refractivity contribution in [3.05, 3.63) is 29.3 Å². The maximum Gasteiger partial charge on any atom is 0.224 e. The Morgan fingerprint density at radius 1 is 1.47 bits per heavy atom. The van der Waals surface area contributed by atoms with Gasteiger partial charge < -0.3 is 10.1 Å². The van der Waals surface area contributed by atoms with Gasteiger partial charge >= 0.3 is 0 Å². The lowest BCUT2D eigenvalue weighted by molar-refractivity contribution is -0.117. The summed E-state index contributed by atoms with van der Waals surface area (Å²) in [5.41, 5.74) is 3.23. The molecule has 1 heterocycles. The molecule has 0 bridgehead atoms. The Bertz CT molecular complexity index is 450. The average Bonchev–Trinajstić information content (AvgIpc) is 2.86. The molecule has 0 spiro atoms. The predicted octanol–water partition coefficient (Wildman–Crippen LogP) is 3.45. The van der Waals surface area contributed by atoms with Crippen molar-refractivity contribution in [1.82, 2.24) is 0 Å². The molecule has 19 heavy (non-hydrogen) atoms. The van der Waals surface area contributed by atoms with E-state index in [4.69, 9.17) is 4.74 Å². The molecule has 0 radical (unpaired) electrons. The first kappa shape index (κ1) is 14.1. The van der Waals surface area contributed by atoms with Crippen LogP contribution in [0.3, 0.4) is 0 Å². The van der Waals surface area contributed by atoms with Crippen LogP contribution in [0.25, 0.3) is 0 Å². The van der Waals surface area contributed by atoms with Gasteiger partial charge in [0, 0.05) is 18.7 Å². The molecule has 1 aromatic rings. The van der Waals surface area contributed by atoms with Crippen LogP contribution in [0.1, 0.15) is 37.3 Å². The van der Waals surface area contributed by atoms with Gasteiger partial charge in [-0.2, -0.15) is 0 Å². The number of benzene rings is 1. The molecular weight excluding hydrogens is 238 g/mol. The van der Waals surface area contributed by atoms with Gasteiger partial charge in [0.15, 0.2) is 0 Å². The number of hydrogen-bond acceptors (Lipinski definition) is 2. The van der Waals surface area contributed by atoms with Crippen molar-refractivity contribution < 1.29 is 9.53 Å². The Hall–Kier alpha value is -1.35. The highest BCUT2D eigenvalue weighted by atomic mass is 16.5. The Balaban J connectivity index is 1.89. The first-order valence-corrected chi connectivity index (χ1v) is 7.05. The van der Waals surface area contributed by atoms with E-state index in [-0.39, 0.29) is 17.9 Å². The number of carbonyl (C=O) groups is 1. The van der Waals surface area contributed by atoms with Gasteiger partial charge in [-0.1, -0.05) is 24.6 Å². The molecule has 2 unspecified atom stereocenters. The van der Waals surface area contributed by atoms with Gasteiger partial charge in [0.05, 0.1) is 6.10 Å². The molecule has 1 N–H and O–H groups in total. The number of hydrogen-bond donors (Lipinski definition) is 1. The van der Waals surface area contributed by atoms with Gasteiger partial charge in [-0.05, 0) is 44.2 Å². The maximum atomic E-state index is 12.1. The summed E-state index contributed by atoms with van der Waals surface area (Å²) >= 11 is 0. The molecule has 0 saturated carbocycles. The summed E-state index contributed by atoms with van der Waals surface area (Å²) in [6.45, 7) is 7.01. The highest BCUT2D eigenvalue weighted by Crippen LogP contribution is 2.23. The van der Waals surface area contributed by atoms with E-state index in [0.29, 0.717) is 6.42 Å². The second-order valence-corrected chi connectivity index (χ2v) is 5.60. The zero-order chi connectivity index (χ0) is 13.8. The van der Waals surface area contributed by atoms with Crippen molar-refractivity contribution in [2.75, 3.05) is 11.9 Å². The SMILES string of the molecule is Cc1ccc(NC(=O)CC(C)C2CCCO2)c(C)c1. The quantitative estimate of drug-likeness (QED) is 0.901. The van der Waals surface area contributed by atoms with E-state index >= 15 is 0 Å². The first-order chi connectivity index (χ1) is 9.06. The smallest absolute Gasteiger partial charge is 0.224 e. The van der Waals surface area contributed by atoms with E-state index in [0.717, 1.165) is 30.7 Å². The fourth-order valence-electron chi connectivity index (χ4n) is 2.63. The summed E-state index contributed by atoms with van der Waals surface area (Å²) < 4.78 is 5.63. The van der Waals surface area contributed by atoms with Crippen molar-refractivity contribution in [1.29, 1.82) is 0 Å². The third-order valence-electron chi connectivity index (χ3n) is 3.76. The van der Waals surface area contributed by atoms with Crippen molar-refractivity contribution in [2.24, 2.45) is 5.92 Å². The fraction of sp³-hybridized carbons (Fsp3) is 0.562. The minimum absolute atomic E-state index is 0.0787. The topological polar surface area (TPSA) is 38.3 Å². The second kappa shape index (κ2) is 6.20. The predicted molar refractivity (Wildman–Crippen MR) is 77.3 cm³/mol. The van der Waals surface area contributed by atoms with Gasteiger partial charge in [0.2, 0.25) is 5.91 Å². The molecule has 104 valence electrons. The molecule has 0 aliphatic carbocycles. The zero-order valence-corrected chi connectivity index (χ0v) is 12.0. The third kappa shape index (κ3) is 3.80. The molecule has 3 nitrogen and oxygen atoms in total. The van der Waals surface area contributed by atoms with E-state index in [9.17, 15) is 4.79 Å². The van der Waals surface area contributed by atoms with Crippen molar-refractivity contribution >= 4 is 11.6 Å². The number of aryl methyl sites for hydroxylation is 2. The summed E-state index contributed by atoms with van der Waals surface area (Å²) in [4.78, 5) is 12.1. The van der Waals surface area contributed by atoms with Crippen LogP contribution < -0.4 is 5.32 Å². The molecular formula is C16H23NO2. The van der Waals surface area contributed by atoms with E-state index in [1.54, 1.807) is 0 Å². The van der Waals surface area contributed by atoms with Crippen molar-refractivity contribution in [3.8, 4) is 0 Å². The van der Waals surface area contributed by atoms with Crippen LogP contribution in [0.15, 0.2) is 18.2 Å². The Kier molecular flexibility index (Phi) is 4.59. The van der Waals surface area contributed by atoms with Crippen LogP contribution in [0, 0.1) is 19.8 Å². The largest absolute Gasteiger partial charge is 0.378 e. The molecule has 2 atom stereocenters. The van der Waals surface area contributed by atoms with Gasteiger partial charge in [-0.3, -0.25) is 4.79 Å². The lowest BCUT2D eigenvalue weighted by atomic mass is 9.98. The first-order valence-electron chi connectivity index (χ1n) is 7.05. The molecule has 1 aliphatic heterocycles. The molecule has 2 rings (SSSR count). The molecule has 1 saturated heterocycles. The minimum atomic E-state index is 0.0787. The highest BCUT2D eigenvalue weighted by Gasteiger charge is 2.24. The van der Waals surface area contributed by atoms with Gasteiger partial charge in [0.1, 0.15) is 0 Å². The number of carbonyl (C=O) groups excluding carboxylic acids is 1. The van der Waals surface area contributed by atoms with Gasteiger partial charge in [0.25, 0.3) is 0 Å². The number of amides is 1. The number of nitrogens with one attached hydrogen (secondary N) is 1. The lowest BCUT2D eigenvalue weighted by Crippen LogP contribution is -2.23. The molecule has 1 amide bonds. The summed E-state index contributed by atoms with van der Waals surface area (Å²) in [7, 11) is 0. The maximum absolute atomic E-state index is 12.1. The molecule has 1 fully saturated rings. The third-order valence-corrected chi connectivity index (χ3v) is 3.76. The van der Waals surface area contributed by atoms with Crippen molar-refractivity contribution in [3.63, 3.8) is 0 Å². The standard InChI is InChI=1S/C16H23NO2/c1-11-6-7-14(12(2)9-11)17-16(18)10-13(3)15-5-4-8-19-15/h6-7,9,13,15H,4-5,8,10H2,1-3H3,(H,17,18). The van der Waals surface area contributed by atoms with Gasteiger partial charge in [-0.25, -0.2) is 0 Å². The highest BCUT2D eigenvalue weighted by molar-refractivity contribution is 5.91. The Morgan fingerprint density at radius 2 is 2.26 bits per heavy atom. The fourth-order valence-corrected chi connectivity index (χ4v) is 2.63. The van der Waals surface area contributed by atoms with Crippen LogP contribution in [-0.4, -0.2) is 18.6 Å².